The Kier molecular flexibility index (Phi) is 4.29. The molecule has 0 spiro atoms. The third kappa shape index (κ3) is 4.28. The fourth-order valence-electron chi connectivity index (χ4n) is 1.25. The van der Waals surface area contributed by atoms with E-state index in [4.69, 9.17) is 11.0 Å². The van der Waals surface area contributed by atoms with Crippen molar-refractivity contribution < 1.29 is 8.42 Å². The second-order valence-electron chi connectivity index (χ2n) is 3.64. The van der Waals surface area contributed by atoms with E-state index in [2.05, 4.69) is 10.3 Å². The van der Waals surface area contributed by atoms with Crippen LogP contribution < -0.4 is 11.1 Å². The summed E-state index contributed by atoms with van der Waals surface area (Å²) in [6, 6.07) is 3.47. The minimum atomic E-state index is -2.95. The highest BCUT2D eigenvalue weighted by atomic mass is 32.2. The molecule has 0 aliphatic heterocycles. The molecule has 0 radical (unpaired) electrons. The van der Waals surface area contributed by atoms with Gasteiger partial charge in [-0.1, -0.05) is 0 Å². The van der Waals surface area contributed by atoms with Crippen molar-refractivity contribution in [2.75, 3.05) is 29.6 Å². The van der Waals surface area contributed by atoms with E-state index in [0.717, 1.165) is 0 Å². The normalized spacial score (nSPS) is 10.8. The predicted octanol–water partition coefficient (Wildman–Crippen LogP) is 0.382. The summed E-state index contributed by atoms with van der Waals surface area (Å²) in [6.07, 6.45) is 3.14. The molecule has 6 nitrogen and oxygen atoms in total. The van der Waals surface area contributed by atoms with Gasteiger partial charge in [0.15, 0.2) is 5.82 Å². The number of aromatic nitrogens is 1. The number of sulfone groups is 1. The smallest absolute Gasteiger partial charge is 0.150 e. The van der Waals surface area contributed by atoms with Gasteiger partial charge in [-0.05, 0) is 12.5 Å². The first-order chi connectivity index (χ1) is 7.94. The van der Waals surface area contributed by atoms with E-state index in [9.17, 15) is 8.42 Å². The van der Waals surface area contributed by atoms with Gasteiger partial charge in [-0.15, -0.1) is 0 Å². The van der Waals surface area contributed by atoms with Crippen molar-refractivity contribution in [2.24, 2.45) is 0 Å². The summed E-state index contributed by atoms with van der Waals surface area (Å²) in [7, 11) is -2.95. The van der Waals surface area contributed by atoms with Crippen LogP contribution in [0.3, 0.4) is 0 Å². The lowest BCUT2D eigenvalue weighted by Gasteiger charge is -2.08. The number of anilines is 2. The molecule has 0 unspecified atom stereocenters. The van der Waals surface area contributed by atoms with E-state index in [-0.39, 0.29) is 11.4 Å². The molecule has 0 saturated carbocycles. The quantitative estimate of drug-likeness (QED) is 0.735. The largest absolute Gasteiger partial charge is 0.395 e. The number of rotatable bonds is 5. The summed E-state index contributed by atoms with van der Waals surface area (Å²) in [5.74, 6) is 0.523. The van der Waals surface area contributed by atoms with Crippen LogP contribution in [0.25, 0.3) is 0 Å². The Morgan fingerprint density at radius 3 is 2.88 bits per heavy atom. The maximum Gasteiger partial charge on any atom is 0.150 e. The van der Waals surface area contributed by atoms with Crippen molar-refractivity contribution in [3.63, 3.8) is 0 Å². The molecular weight excluding hydrogens is 240 g/mol. The monoisotopic (exact) mass is 254 g/mol. The lowest BCUT2D eigenvalue weighted by Crippen LogP contribution is -2.11. The zero-order chi connectivity index (χ0) is 12.9. The van der Waals surface area contributed by atoms with Gasteiger partial charge >= 0.3 is 0 Å². The van der Waals surface area contributed by atoms with Gasteiger partial charge in [0.1, 0.15) is 15.9 Å². The number of hydrogen-bond donors (Lipinski definition) is 2. The van der Waals surface area contributed by atoms with Crippen molar-refractivity contribution in [1.29, 1.82) is 5.26 Å². The molecule has 0 aliphatic carbocycles. The van der Waals surface area contributed by atoms with Gasteiger partial charge in [0, 0.05) is 19.0 Å². The van der Waals surface area contributed by atoms with Gasteiger partial charge in [0.05, 0.1) is 17.0 Å². The third-order valence-corrected chi connectivity index (χ3v) is 3.13. The highest BCUT2D eigenvalue weighted by Crippen LogP contribution is 2.18. The SMILES string of the molecule is CS(=O)(=O)CCCNc1nccc(C#N)c1N. The number of nitrogen functional groups attached to an aromatic ring is 1. The molecule has 1 rings (SSSR count). The number of nitrogens with two attached hydrogens (primary N) is 1. The molecule has 0 atom stereocenters. The Morgan fingerprint density at radius 1 is 1.59 bits per heavy atom. The van der Waals surface area contributed by atoms with Crippen LogP contribution in [0.1, 0.15) is 12.0 Å². The van der Waals surface area contributed by atoms with Gasteiger partial charge in [-0.3, -0.25) is 0 Å². The Morgan fingerprint density at radius 2 is 2.29 bits per heavy atom. The van der Waals surface area contributed by atoms with Crippen LogP contribution >= 0.6 is 0 Å². The molecule has 17 heavy (non-hydrogen) atoms. The summed E-state index contributed by atoms with van der Waals surface area (Å²) >= 11 is 0. The first-order valence-electron chi connectivity index (χ1n) is 5.00. The van der Waals surface area contributed by atoms with Crippen molar-refractivity contribution in [3.8, 4) is 6.07 Å². The number of nitrogens with zero attached hydrogens (tertiary/aromatic N) is 2. The van der Waals surface area contributed by atoms with Crippen LogP contribution in [-0.4, -0.2) is 32.0 Å². The van der Waals surface area contributed by atoms with E-state index in [1.165, 1.54) is 18.5 Å². The minimum Gasteiger partial charge on any atom is -0.395 e. The summed E-state index contributed by atoms with van der Waals surface area (Å²) in [4.78, 5) is 3.98. The topological polar surface area (TPSA) is 109 Å². The summed E-state index contributed by atoms with van der Waals surface area (Å²) in [5, 5.41) is 11.7. The predicted molar refractivity (Wildman–Crippen MR) is 66.2 cm³/mol. The first-order valence-corrected chi connectivity index (χ1v) is 7.06. The fourth-order valence-corrected chi connectivity index (χ4v) is 1.92. The molecule has 0 bridgehead atoms. The van der Waals surface area contributed by atoms with Gasteiger partial charge in [-0.25, -0.2) is 13.4 Å². The van der Waals surface area contributed by atoms with E-state index in [1.807, 2.05) is 6.07 Å². The maximum atomic E-state index is 10.9. The van der Waals surface area contributed by atoms with Gasteiger partial charge < -0.3 is 11.1 Å². The standard InChI is InChI=1S/C10H14N4O2S/c1-17(15,16)6-2-4-13-10-9(12)8(7-11)3-5-14-10/h3,5H,2,4,6,12H2,1H3,(H,13,14). The van der Waals surface area contributed by atoms with E-state index >= 15 is 0 Å². The minimum absolute atomic E-state index is 0.109. The average Bonchev–Trinajstić information content (AvgIpc) is 2.25. The van der Waals surface area contributed by atoms with E-state index in [0.29, 0.717) is 24.3 Å². The van der Waals surface area contributed by atoms with Gasteiger partial charge in [-0.2, -0.15) is 5.26 Å². The number of nitriles is 1. The van der Waals surface area contributed by atoms with Crippen LogP contribution in [0.4, 0.5) is 11.5 Å². The fraction of sp³-hybridized carbons (Fsp3) is 0.400. The third-order valence-electron chi connectivity index (χ3n) is 2.09. The maximum absolute atomic E-state index is 10.9. The van der Waals surface area contributed by atoms with E-state index in [1.54, 1.807) is 0 Å². The number of hydrogen-bond acceptors (Lipinski definition) is 6. The van der Waals surface area contributed by atoms with Crippen LogP contribution in [-0.2, 0) is 9.84 Å². The van der Waals surface area contributed by atoms with Gasteiger partial charge in [0.25, 0.3) is 0 Å². The number of pyridine rings is 1. The van der Waals surface area contributed by atoms with E-state index < -0.39 is 9.84 Å². The molecule has 0 amide bonds. The highest BCUT2D eigenvalue weighted by Gasteiger charge is 2.06. The van der Waals surface area contributed by atoms with Crippen LogP contribution in [0.5, 0.6) is 0 Å². The van der Waals surface area contributed by atoms with Crippen molar-refractivity contribution in [1.82, 2.24) is 4.98 Å². The Balaban J connectivity index is 2.56. The van der Waals surface area contributed by atoms with Crippen molar-refractivity contribution in [2.45, 2.75) is 6.42 Å². The molecule has 0 aliphatic rings. The average molecular weight is 254 g/mol. The van der Waals surface area contributed by atoms with Gasteiger partial charge in [0.2, 0.25) is 0 Å². The molecule has 1 heterocycles. The molecule has 1 aromatic heterocycles. The molecule has 0 aromatic carbocycles. The Hall–Kier alpha value is -1.81. The second kappa shape index (κ2) is 5.50. The number of nitrogens with one attached hydrogen (secondary N) is 1. The molecule has 0 fully saturated rings. The second-order valence-corrected chi connectivity index (χ2v) is 5.90. The van der Waals surface area contributed by atoms with Crippen LogP contribution in [0.15, 0.2) is 12.3 Å². The molecule has 7 heteroatoms. The molecule has 92 valence electrons. The summed E-state index contributed by atoms with van der Waals surface area (Å²) < 4.78 is 21.8. The molecule has 1 aromatic rings. The lowest BCUT2D eigenvalue weighted by atomic mass is 10.2. The zero-order valence-corrected chi connectivity index (χ0v) is 10.3. The Bertz CT molecular complexity index is 534. The lowest BCUT2D eigenvalue weighted by molar-refractivity contribution is 0.600. The molecular formula is C10H14N4O2S. The van der Waals surface area contributed by atoms with Crippen LogP contribution in [0.2, 0.25) is 0 Å². The van der Waals surface area contributed by atoms with Crippen LogP contribution in [0, 0.1) is 11.3 Å². The summed E-state index contributed by atoms with van der Waals surface area (Å²) in [6.45, 7) is 0.444. The van der Waals surface area contributed by atoms with Crippen molar-refractivity contribution in [3.05, 3.63) is 17.8 Å². The zero-order valence-electron chi connectivity index (χ0n) is 9.47. The molecule has 3 N–H and O–H groups in total. The highest BCUT2D eigenvalue weighted by molar-refractivity contribution is 7.90. The Labute approximate surface area is 100 Å². The summed E-state index contributed by atoms with van der Waals surface area (Å²) in [5.41, 5.74) is 6.33. The molecule has 0 saturated heterocycles. The first kappa shape index (κ1) is 13.3. The van der Waals surface area contributed by atoms with Crippen molar-refractivity contribution >= 4 is 21.3 Å².